The number of oxazole rings is 1. The number of thiophene rings is 1. The van der Waals surface area contributed by atoms with Crippen molar-refractivity contribution < 1.29 is 4.42 Å². The van der Waals surface area contributed by atoms with Gasteiger partial charge < -0.3 is 9.73 Å². The number of nitrogens with one attached hydrogen (secondary N) is 1. The lowest BCUT2D eigenvalue weighted by atomic mass is 10.2. The van der Waals surface area contributed by atoms with Gasteiger partial charge in [-0.05, 0) is 30.7 Å². The summed E-state index contributed by atoms with van der Waals surface area (Å²) in [5.41, 5.74) is 2.03. The second-order valence-corrected chi connectivity index (χ2v) is 5.60. The number of hydrogen-bond acceptors (Lipinski definition) is 4. The summed E-state index contributed by atoms with van der Waals surface area (Å²) in [7, 11) is 0. The molecule has 1 fully saturated rings. The van der Waals surface area contributed by atoms with Gasteiger partial charge in [-0.3, -0.25) is 0 Å². The number of nitrogens with zero attached hydrogens (tertiary/aromatic N) is 1. The van der Waals surface area contributed by atoms with Crippen LogP contribution in [0.1, 0.15) is 24.1 Å². The van der Waals surface area contributed by atoms with Crippen molar-refractivity contribution in [3.63, 3.8) is 0 Å². The summed E-state index contributed by atoms with van der Waals surface area (Å²) in [5.74, 6) is 0.807. The molecule has 0 aromatic carbocycles. The van der Waals surface area contributed by atoms with Crippen molar-refractivity contribution in [3.05, 3.63) is 28.1 Å². The van der Waals surface area contributed by atoms with Gasteiger partial charge in [0, 0.05) is 12.6 Å². The first kappa shape index (κ1) is 11.3. The largest absolute Gasteiger partial charge is 0.442 e. The molecule has 0 unspecified atom stereocenters. The molecule has 0 spiro atoms. The van der Waals surface area contributed by atoms with Crippen LogP contribution >= 0.6 is 22.9 Å². The molecule has 3 rings (SSSR count). The van der Waals surface area contributed by atoms with Crippen molar-refractivity contribution in [1.29, 1.82) is 0 Å². The maximum atomic E-state index is 6.25. The molecule has 0 aliphatic heterocycles. The van der Waals surface area contributed by atoms with Crippen LogP contribution in [0.15, 0.2) is 16.2 Å². The minimum absolute atomic E-state index is 0.667. The minimum Gasteiger partial charge on any atom is -0.442 e. The summed E-state index contributed by atoms with van der Waals surface area (Å²) >= 11 is 7.85. The molecule has 3 nitrogen and oxygen atoms in total. The van der Waals surface area contributed by atoms with E-state index in [-0.39, 0.29) is 0 Å². The lowest BCUT2D eigenvalue weighted by molar-refractivity contribution is 0.570. The Morgan fingerprint density at radius 3 is 3.06 bits per heavy atom. The number of halogens is 1. The minimum atomic E-state index is 0.667. The monoisotopic (exact) mass is 268 g/mol. The molecule has 5 heteroatoms. The van der Waals surface area contributed by atoms with Crippen LogP contribution in [0.2, 0.25) is 5.02 Å². The number of rotatable bonds is 4. The van der Waals surface area contributed by atoms with Crippen LogP contribution in [0, 0.1) is 6.92 Å². The lowest BCUT2D eigenvalue weighted by Gasteiger charge is -2.01. The average molecular weight is 269 g/mol. The van der Waals surface area contributed by atoms with E-state index in [1.54, 1.807) is 11.3 Å². The van der Waals surface area contributed by atoms with Crippen molar-refractivity contribution in [2.24, 2.45) is 0 Å². The van der Waals surface area contributed by atoms with E-state index in [2.05, 4.69) is 10.3 Å². The third-order valence-electron chi connectivity index (χ3n) is 2.88. The zero-order valence-electron chi connectivity index (χ0n) is 9.50. The van der Waals surface area contributed by atoms with Crippen LogP contribution in [0.25, 0.3) is 10.6 Å². The molecule has 1 saturated carbocycles. The van der Waals surface area contributed by atoms with Crippen LogP contribution in [0.3, 0.4) is 0 Å². The Labute approximate surface area is 109 Å². The first-order valence-electron chi connectivity index (χ1n) is 5.65. The molecule has 0 radical (unpaired) electrons. The summed E-state index contributed by atoms with van der Waals surface area (Å²) in [5, 5.41) is 6.25. The van der Waals surface area contributed by atoms with Crippen LogP contribution in [0.4, 0.5) is 0 Å². The first-order chi connectivity index (χ1) is 8.25. The molecule has 0 amide bonds. The molecule has 1 aliphatic rings. The fourth-order valence-electron chi connectivity index (χ4n) is 1.69. The van der Waals surface area contributed by atoms with Gasteiger partial charge in [-0.15, -0.1) is 11.3 Å². The molecule has 17 heavy (non-hydrogen) atoms. The predicted molar refractivity (Wildman–Crippen MR) is 69.4 cm³/mol. The Kier molecular flexibility index (Phi) is 2.94. The zero-order valence-corrected chi connectivity index (χ0v) is 11.1. The quantitative estimate of drug-likeness (QED) is 0.920. The lowest BCUT2D eigenvalue weighted by Crippen LogP contribution is -2.15. The van der Waals surface area contributed by atoms with E-state index in [1.165, 1.54) is 19.2 Å². The van der Waals surface area contributed by atoms with E-state index in [1.807, 2.05) is 12.3 Å². The van der Waals surface area contributed by atoms with Crippen molar-refractivity contribution in [3.8, 4) is 10.6 Å². The fraction of sp³-hybridized carbons (Fsp3) is 0.417. The van der Waals surface area contributed by atoms with E-state index in [4.69, 9.17) is 16.0 Å². The maximum absolute atomic E-state index is 6.25. The number of aromatic nitrogens is 1. The zero-order chi connectivity index (χ0) is 11.8. The van der Waals surface area contributed by atoms with Crippen LogP contribution in [-0.2, 0) is 6.54 Å². The first-order valence-corrected chi connectivity index (χ1v) is 6.91. The van der Waals surface area contributed by atoms with E-state index < -0.39 is 0 Å². The number of aryl methyl sites for hydroxylation is 1. The molecule has 0 saturated heterocycles. The van der Waals surface area contributed by atoms with Crippen molar-refractivity contribution in [2.45, 2.75) is 32.4 Å². The maximum Gasteiger partial charge on any atom is 0.181 e. The summed E-state index contributed by atoms with van der Waals surface area (Å²) in [6, 6.07) is 0.667. The van der Waals surface area contributed by atoms with Gasteiger partial charge in [-0.2, -0.15) is 0 Å². The van der Waals surface area contributed by atoms with Gasteiger partial charge in [0.15, 0.2) is 12.2 Å². The highest BCUT2D eigenvalue weighted by atomic mass is 35.5. The third-order valence-corrected chi connectivity index (χ3v) is 4.58. The van der Waals surface area contributed by atoms with E-state index in [0.29, 0.717) is 6.04 Å². The highest BCUT2D eigenvalue weighted by Crippen LogP contribution is 2.38. The van der Waals surface area contributed by atoms with E-state index in [9.17, 15) is 0 Å². The van der Waals surface area contributed by atoms with Gasteiger partial charge in [0.05, 0.1) is 9.90 Å². The van der Waals surface area contributed by atoms with Gasteiger partial charge in [0.1, 0.15) is 5.69 Å². The Morgan fingerprint density at radius 2 is 2.41 bits per heavy atom. The predicted octanol–water partition coefficient (Wildman–Crippen LogP) is 3.62. The van der Waals surface area contributed by atoms with Crippen LogP contribution in [0.5, 0.6) is 0 Å². The molecule has 90 valence electrons. The van der Waals surface area contributed by atoms with Crippen LogP contribution in [-0.4, -0.2) is 11.0 Å². The standard InChI is InChI=1S/C12H13ClN2OS/c1-7-5-17-12(10(7)13)11-9(15-6-16-11)4-14-8-2-3-8/h5-6,8,14H,2-4H2,1H3. The molecule has 2 aromatic heterocycles. The van der Waals surface area contributed by atoms with Crippen molar-refractivity contribution in [2.75, 3.05) is 0 Å². The van der Waals surface area contributed by atoms with Gasteiger partial charge >= 0.3 is 0 Å². The van der Waals surface area contributed by atoms with Crippen molar-refractivity contribution >= 4 is 22.9 Å². The normalized spacial score (nSPS) is 15.4. The Bertz CT molecular complexity index is 530. The van der Waals surface area contributed by atoms with Gasteiger partial charge in [0.2, 0.25) is 0 Å². The topological polar surface area (TPSA) is 38.1 Å². The molecular weight excluding hydrogens is 256 g/mol. The SMILES string of the molecule is Cc1csc(-c2ocnc2CNC2CC2)c1Cl. The molecule has 2 heterocycles. The van der Waals surface area contributed by atoms with Crippen LogP contribution < -0.4 is 5.32 Å². The van der Waals surface area contributed by atoms with Gasteiger partial charge in [0.25, 0.3) is 0 Å². The molecule has 1 N–H and O–H groups in total. The number of hydrogen-bond donors (Lipinski definition) is 1. The third kappa shape index (κ3) is 2.25. The fourth-order valence-corrected chi connectivity index (χ4v) is 2.98. The highest BCUT2D eigenvalue weighted by molar-refractivity contribution is 7.14. The average Bonchev–Trinajstić information content (AvgIpc) is 2.95. The molecular formula is C12H13ClN2OS. The van der Waals surface area contributed by atoms with Gasteiger partial charge in [-0.25, -0.2) is 4.98 Å². The molecule has 1 aliphatic carbocycles. The Balaban J connectivity index is 1.86. The second kappa shape index (κ2) is 4.44. The molecule has 2 aromatic rings. The Hall–Kier alpha value is -0.840. The summed E-state index contributed by atoms with van der Waals surface area (Å²) < 4.78 is 5.47. The van der Waals surface area contributed by atoms with Gasteiger partial charge in [-0.1, -0.05) is 11.6 Å². The summed E-state index contributed by atoms with van der Waals surface area (Å²) in [6.07, 6.45) is 4.03. The van der Waals surface area contributed by atoms with E-state index >= 15 is 0 Å². The Morgan fingerprint density at radius 1 is 1.59 bits per heavy atom. The smallest absolute Gasteiger partial charge is 0.181 e. The second-order valence-electron chi connectivity index (χ2n) is 4.35. The molecule has 0 bridgehead atoms. The van der Waals surface area contributed by atoms with Crippen molar-refractivity contribution in [1.82, 2.24) is 10.3 Å². The summed E-state index contributed by atoms with van der Waals surface area (Å²) in [6.45, 7) is 2.75. The van der Waals surface area contributed by atoms with E-state index in [0.717, 1.165) is 33.5 Å². The summed E-state index contributed by atoms with van der Waals surface area (Å²) in [4.78, 5) is 5.24. The highest BCUT2D eigenvalue weighted by Gasteiger charge is 2.22. The molecule has 0 atom stereocenters.